The molecule has 2 aromatic rings. The van der Waals surface area contributed by atoms with E-state index in [1.54, 1.807) is 0 Å². The predicted octanol–water partition coefficient (Wildman–Crippen LogP) is 3.25. The standard InChI is InChI=1S/C14H12F2NP/c15-11-5-6-12(16)14(9-11)18-17-8-7-10-3-1-2-4-13(10)17/h1-6,9,18H,7-8H2. The van der Waals surface area contributed by atoms with Gasteiger partial charge >= 0.3 is 0 Å². The Bertz CT molecular complexity index is 586. The third-order valence-corrected chi connectivity index (χ3v) is 4.43. The Morgan fingerprint density at radius 1 is 1.06 bits per heavy atom. The van der Waals surface area contributed by atoms with Gasteiger partial charge in [0.05, 0.1) is 0 Å². The number of fused-ring (bicyclic) bond motifs is 1. The SMILES string of the molecule is Fc1ccc(F)c(PN2CCc3ccccc32)c1. The quantitative estimate of drug-likeness (QED) is 0.752. The lowest BCUT2D eigenvalue weighted by Crippen LogP contribution is -2.16. The number of anilines is 1. The molecule has 1 heterocycles. The van der Waals surface area contributed by atoms with E-state index in [4.69, 9.17) is 0 Å². The van der Waals surface area contributed by atoms with Crippen LogP contribution in [0.2, 0.25) is 0 Å². The van der Waals surface area contributed by atoms with Crippen LogP contribution in [0.15, 0.2) is 42.5 Å². The van der Waals surface area contributed by atoms with Gasteiger partial charge < -0.3 is 4.67 Å². The molecule has 1 nitrogen and oxygen atoms in total. The minimum atomic E-state index is -0.383. The van der Waals surface area contributed by atoms with E-state index in [-0.39, 0.29) is 20.4 Å². The van der Waals surface area contributed by atoms with Gasteiger partial charge in [-0.1, -0.05) is 18.2 Å². The zero-order valence-corrected chi connectivity index (χ0v) is 10.7. The smallest absolute Gasteiger partial charge is 0.132 e. The van der Waals surface area contributed by atoms with E-state index in [0.717, 1.165) is 24.7 Å². The molecule has 0 amide bonds. The maximum absolute atomic E-state index is 13.6. The highest BCUT2D eigenvalue weighted by Gasteiger charge is 2.19. The third kappa shape index (κ3) is 2.11. The zero-order valence-electron chi connectivity index (χ0n) is 9.66. The maximum atomic E-state index is 13.6. The van der Waals surface area contributed by atoms with Gasteiger partial charge in [0.25, 0.3) is 0 Å². The Hall–Kier alpha value is -1.47. The summed E-state index contributed by atoms with van der Waals surface area (Å²) in [6, 6.07) is 11.7. The third-order valence-electron chi connectivity index (χ3n) is 3.07. The lowest BCUT2D eigenvalue weighted by atomic mass is 10.2. The average molecular weight is 263 g/mol. The molecule has 1 atom stereocenters. The van der Waals surface area contributed by atoms with E-state index < -0.39 is 0 Å². The highest BCUT2D eigenvalue weighted by Crippen LogP contribution is 2.35. The molecule has 0 saturated heterocycles. The van der Waals surface area contributed by atoms with Crippen molar-refractivity contribution in [1.82, 2.24) is 0 Å². The zero-order chi connectivity index (χ0) is 12.5. The van der Waals surface area contributed by atoms with Gasteiger partial charge in [-0.05, 0) is 36.2 Å². The molecule has 18 heavy (non-hydrogen) atoms. The summed E-state index contributed by atoms with van der Waals surface area (Å²) in [6.07, 6.45) is 0.972. The lowest BCUT2D eigenvalue weighted by Gasteiger charge is -2.19. The fourth-order valence-electron chi connectivity index (χ4n) is 2.18. The van der Waals surface area contributed by atoms with Gasteiger partial charge in [-0.25, -0.2) is 8.78 Å². The first-order valence-corrected chi connectivity index (χ1v) is 6.76. The summed E-state index contributed by atoms with van der Waals surface area (Å²) >= 11 is 0. The molecule has 0 N–H and O–H groups in total. The minimum Gasteiger partial charge on any atom is -0.348 e. The van der Waals surface area contributed by atoms with Crippen LogP contribution in [0.5, 0.6) is 0 Å². The predicted molar refractivity (Wildman–Crippen MR) is 71.8 cm³/mol. The van der Waals surface area contributed by atoms with Crippen LogP contribution < -0.4 is 9.97 Å². The Kier molecular flexibility index (Phi) is 3.00. The van der Waals surface area contributed by atoms with Crippen molar-refractivity contribution in [1.29, 1.82) is 0 Å². The van der Waals surface area contributed by atoms with Crippen molar-refractivity contribution in [2.45, 2.75) is 6.42 Å². The normalized spacial score (nSPS) is 14.4. The van der Waals surface area contributed by atoms with Gasteiger partial charge in [0.15, 0.2) is 0 Å². The van der Waals surface area contributed by atoms with Crippen molar-refractivity contribution in [2.75, 3.05) is 11.2 Å². The number of nitrogens with zero attached hydrogens (tertiary/aromatic N) is 1. The monoisotopic (exact) mass is 263 g/mol. The molecule has 0 fully saturated rings. The van der Waals surface area contributed by atoms with Gasteiger partial charge in [-0.3, -0.25) is 0 Å². The van der Waals surface area contributed by atoms with Crippen LogP contribution in [-0.2, 0) is 6.42 Å². The summed E-state index contributed by atoms with van der Waals surface area (Å²) in [5.74, 6) is -0.717. The number of hydrogen-bond acceptors (Lipinski definition) is 1. The second-order valence-electron chi connectivity index (χ2n) is 4.27. The van der Waals surface area contributed by atoms with E-state index in [9.17, 15) is 8.78 Å². The topological polar surface area (TPSA) is 3.24 Å². The molecular weight excluding hydrogens is 251 g/mol. The van der Waals surface area contributed by atoms with Crippen molar-refractivity contribution in [2.24, 2.45) is 0 Å². The molecule has 2 aromatic carbocycles. The van der Waals surface area contributed by atoms with Crippen molar-refractivity contribution >= 4 is 19.7 Å². The van der Waals surface area contributed by atoms with E-state index in [1.807, 2.05) is 18.2 Å². The van der Waals surface area contributed by atoms with Crippen LogP contribution in [0, 0.1) is 11.6 Å². The molecule has 0 spiro atoms. The van der Waals surface area contributed by atoms with E-state index >= 15 is 0 Å². The van der Waals surface area contributed by atoms with Crippen LogP contribution in [0.4, 0.5) is 14.5 Å². The Morgan fingerprint density at radius 3 is 2.78 bits per heavy atom. The van der Waals surface area contributed by atoms with Gasteiger partial charge in [0.2, 0.25) is 0 Å². The summed E-state index contributed by atoms with van der Waals surface area (Å²) < 4.78 is 28.9. The van der Waals surface area contributed by atoms with Crippen molar-refractivity contribution in [3.8, 4) is 0 Å². The lowest BCUT2D eigenvalue weighted by molar-refractivity contribution is 0.607. The molecule has 1 unspecified atom stereocenters. The number of benzene rings is 2. The van der Waals surface area contributed by atoms with Crippen molar-refractivity contribution < 1.29 is 8.78 Å². The number of hydrogen-bond donors (Lipinski definition) is 0. The van der Waals surface area contributed by atoms with Crippen LogP contribution in [0.3, 0.4) is 0 Å². The summed E-state index contributed by atoms with van der Waals surface area (Å²) in [5, 5.41) is 0.437. The van der Waals surface area contributed by atoms with Crippen LogP contribution in [0.25, 0.3) is 0 Å². The molecule has 0 radical (unpaired) electrons. The van der Waals surface area contributed by atoms with Gasteiger partial charge in [0.1, 0.15) is 11.6 Å². The highest BCUT2D eigenvalue weighted by atomic mass is 31.1. The number of halogens is 2. The Balaban J connectivity index is 1.88. The average Bonchev–Trinajstić information content (AvgIpc) is 2.78. The summed E-state index contributed by atoms with van der Waals surface area (Å²) in [5.41, 5.74) is 2.42. The summed E-state index contributed by atoms with van der Waals surface area (Å²) in [6.45, 7) is 0.869. The first kappa shape index (κ1) is 11.6. The van der Waals surface area contributed by atoms with Crippen molar-refractivity contribution in [3.63, 3.8) is 0 Å². The molecule has 0 aliphatic carbocycles. The molecule has 92 valence electrons. The number of para-hydroxylation sites is 1. The fourth-order valence-corrected chi connectivity index (χ4v) is 3.43. The molecule has 0 saturated carbocycles. The van der Waals surface area contributed by atoms with E-state index in [2.05, 4.69) is 10.7 Å². The Morgan fingerprint density at radius 2 is 1.89 bits per heavy atom. The van der Waals surface area contributed by atoms with Crippen molar-refractivity contribution in [3.05, 3.63) is 59.7 Å². The van der Waals surface area contributed by atoms with Crippen LogP contribution in [-0.4, -0.2) is 6.54 Å². The number of rotatable bonds is 2. The minimum absolute atomic E-state index is 0.139. The molecule has 0 aromatic heterocycles. The molecule has 1 aliphatic rings. The molecular formula is C14H12F2NP. The van der Waals surface area contributed by atoms with Gasteiger partial charge in [-0.2, -0.15) is 0 Å². The van der Waals surface area contributed by atoms with Gasteiger partial charge in [-0.15, -0.1) is 0 Å². The molecule has 1 aliphatic heterocycles. The van der Waals surface area contributed by atoms with E-state index in [1.165, 1.54) is 17.7 Å². The largest absolute Gasteiger partial charge is 0.348 e. The van der Waals surface area contributed by atoms with Gasteiger partial charge in [0, 0.05) is 26.3 Å². The van der Waals surface area contributed by atoms with E-state index in [0.29, 0.717) is 5.30 Å². The van der Waals surface area contributed by atoms with Crippen LogP contribution in [0.1, 0.15) is 5.56 Å². The molecule has 0 bridgehead atoms. The first-order valence-electron chi connectivity index (χ1n) is 5.81. The highest BCUT2D eigenvalue weighted by molar-refractivity contribution is 7.49. The fraction of sp³-hybridized carbons (Fsp3) is 0.143. The second kappa shape index (κ2) is 4.66. The molecule has 4 heteroatoms. The Labute approximate surface area is 106 Å². The summed E-state index contributed by atoms with van der Waals surface area (Å²) in [4.78, 5) is 0. The first-order chi connectivity index (χ1) is 8.74. The van der Waals surface area contributed by atoms with Crippen LogP contribution >= 0.6 is 8.73 Å². The second-order valence-corrected chi connectivity index (χ2v) is 5.57. The maximum Gasteiger partial charge on any atom is 0.132 e. The molecule has 3 rings (SSSR count). The summed E-state index contributed by atoms with van der Waals surface area (Å²) in [7, 11) is 0.139.